The van der Waals surface area contributed by atoms with Crippen LogP contribution in [0.4, 0.5) is 22.1 Å². The Morgan fingerprint density at radius 2 is 2.04 bits per heavy atom. The van der Waals surface area contributed by atoms with Crippen molar-refractivity contribution in [2.75, 3.05) is 17.3 Å². The summed E-state index contributed by atoms with van der Waals surface area (Å²) in [4.78, 5) is 21.4. The second-order valence-electron chi connectivity index (χ2n) is 5.15. The third kappa shape index (κ3) is 3.80. The third-order valence-electron chi connectivity index (χ3n) is 3.01. The van der Waals surface area contributed by atoms with Crippen LogP contribution in [0.1, 0.15) is 13.8 Å². The average molecular weight is 370 g/mol. The van der Waals surface area contributed by atoms with Gasteiger partial charge >= 0.3 is 6.03 Å². The SMILES string of the molecule is COc1ccc(Cl)c(N(C(N)=O)c2cc(NC(C)C)ncn2)c1Cl. The van der Waals surface area contributed by atoms with Crippen LogP contribution in [0, 0.1) is 0 Å². The summed E-state index contributed by atoms with van der Waals surface area (Å²) in [7, 11) is 1.46. The molecule has 0 fully saturated rings. The Hall–Kier alpha value is -2.25. The molecule has 9 heteroatoms. The van der Waals surface area contributed by atoms with Gasteiger partial charge in [0, 0.05) is 12.1 Å². The molecule has 0 spiro atoms. The molecule has 7 nitrogen and oxygen atoms in total. The average Bonchev–Trinajstić information content (AvgIpc) is 2.50. The van der Waals surface area contributed by atoms with Crippen LogP contribution in [0.5, 0.6) is 5.75 Å². The first kappa shape index (κ1) is 18.1. The molecule has 2 aromatic rings. The molecule has 0 aliphatic carbocycles. The number of urea groups is 1. The zero-order chi connectivity index (χ0) is 17.9. The molecule has 0 aliphatic rings. The second kappa shape index (κ2) is 7.55. The summed E-state index contributed by atoms with van der Waals surface area (Å²) in [6, 6.07) is 4.10. The number of carbonyl (C=O) groups is 1. The number of hydrogen-bond acceptors (Lipinski definition) is 5. The van der Waals surface area contributed by atoms with E-state index in [9.17, 15) is 4.79 Å². The molecular formula is C15H17Cl2N5O2. The fraction of sp³-hybridized carbons (Fsp3) is 0.267. The van der Waals surface area contributed by atoms with Gasteiger partial charge in [0.2, 0.25) is 0 Å². The Morgan fingerprint density at radius 1 is 1.33 bits per heavy atom. The maximum absolute atomic E-state index is 12.0. The molecule has 0 radical (unpaired) electrons. The fourth-order valence-corrected chi connectivity index (χ4v) is 2.68. The van der Waals surface area contributed by atoms with Gasteiger partial charge in [0.25, 0.3) is 0 Å². The number of ether oxygens (including phenoxy) is 1. The van der Waals surface area contributed by atoms with Gasteiger partial charge < -0.3 is 15.8 Å². The number of nitrogens with zero attached hydrogens (tertiary/aromatic N) is 3. The van der Waals surface area contributed by atoms with Crippen molar-refractivity contribution in [1.82, 2.24) is 9.97 Å². The Bertz CT molecular complexity index is 755. The fourth-order valence-electron chi connectivity index (χ4n) is 2.07. The van der Waals surface area contributed by atoms with Crippen molar-refractivity contribution in [2.45, 2.75) is 19.9 Å². The summed E-state index contributed by atoms with van der Waals surface area (Å²) >= 11 is 12.5. The Kier molecular flexibility index (Phi) is 5.69. The maximum Gasteiger partial charge on any atom is 0.325 e. The van der Waals surface area contributed by atoms with E-state index in [0.29, 0.717) is 11.6 Å². The van der Waals surface area contributed by atoms with Crippen LogP contribution < -0.4 is 20.7 Å². The van der Waals surface area contributed by atoms with Gasteiger partial charge in [-0.15, -0.1) is 0 Å². The van der Waals surface area contributed by atoms with Crippen LogP contribution in [0.15, 0.2) is 24.5 Å². The van der Waals surface area contributed by atoms with E-state index in [1.165, 1.54) is 13.4 Å². The van der Waals surface area contributed by atoms with Crippen molar-refractivity contribution in [3.63, 3.8) is 0 Å². The molecule has 24 heavy (non-hydrogen) atoms. The minimum atomic E-state index is -0.791. The van der Waals surface area contributed by atoms with Crippen molar-refractivity contribution in [2.24, 2.45) is 5.73 Å². The number of hydrogen-bond donors (Lipinski definition) is 2. The van der Waals surface area contributed by atoms with E-state index in [2.05, 4.69) is 15.3 Å². The molecule has 128 valence electrons. The number of methoxy groups -OCH3 is 1. The smallest absolute Gasteiger partial charge is 0.325 e. The van der Waals surface area contributed by atoms with Gasteiger partial charge in [-0.05, 0) is 26.0 Å². The highest BCUT2D eigenvalue weighted by molar-refractivity contribution is 6.41. The molecule has 1 aromatic heterocycles. The van der Waals surface area contributed by atoms with Crippen molar-refractivity contribution in [3.05, 3.63) is 34.6 Å². The summed E-state index contributed by atoms with van der Waals surface area (Å²) < 4.78 is 5.17. The first-order valence-electron chi connectivity index (χ1n) is 7.05. The molecule has 2 rings (SSSR count). The van der Waals surface area contributed by atoms with E-state index in [1.807, 2.05) is 13.8 Å². The van der Waals surface area contributed by atoms with Crippen LogP contribution in [0.3, 0.4) is 0 Å². The van der Waals surface area contributed by atoms with Gasteiger partial charge in [-0.25, -0.2) is 19.7 Å². The molecule has 0 saturated carbocycles. The molecule has 3 N–H and O–H groups in total. The van der Waals surface area contributed by atoms with E-state index in [-0.39, 0.29) is 27.6 Å². The highest BCUT2D eigenvalue weighted by Gasteiger charge is 2.25. The molecule has 2 amide bonds. The number of rotatable bonds is 5. The zero-order valence-electron chi connectivity index (χ0n) is 13.4. The molecule has 0 aliphatic heterocycles. The molecule has 0 atom stereocenters. The number of primary amides is 1. The molecule has 0 bridgehead atoms. The van der Waals surface area contributed by atoms with Crippen molar-refractivity contribution < 1.29 is 9.53 Å². The molecule has 0 saturated heterocycles. The number of benzene rings is 1. The summed E-state index contributed by atoms with van der Waals surface area (Å²) in [5.74, 6) is 1.13. The molecular weight excluding hydrogens is 353 g/mol. The Balaban J connectivity index is 2.58. The van der Waals surface area contributed by atoms with E-state index < -0.39 is 6.03 Å². The van der Waals surface area contributed by atoms with Crippen molar-refractivity contribution >= 4 is 46.6 Å². The quantitative estimate of drug-likeness (QED) is 0.834. The van der Waals surface area contributed by atoms with E-state index in [0.717, 1.165) is 4.90 Å². The van der Waals surface area contributed by atoms with Gasteiger partial charge in [0.05, 0.1) is 17.8 Å². The van der Waals surface area contributed by atoms with Crippen LogP contribution in [0.25, 0.3) is 0 Å². The van der Waals surface area contributed by atoms with Gasteiger partial charge in [0.15, 0.2) is 0 Å². The van der Waals surface area contributed by atoms with Gasteiger partial charge in [-0.3, -0.25) is 0 Å². The number of aromatic nitrogens is 2. The largest absolute Gasteiger partial charge is 0.495 e. The summed E-state index contributed by atoms with van der Waals surface area (Å²) in [6.07, 6.45) is 1.32. The standard InChI is InChI=1S/C15H17Cl2N5O2/c1-8(2)21-11-6-12(20-7-19-11)22(15(18)23)14-9(16)4-5-10(24-3)13(14)17/h4-8H,1-3H3,(H2,18,23)(H,19,20,21). The zero-order valence-corrected chi connectivity index (χ0v) is 14.9. The van der Waals surface area contributed by atoms with E-state index >= 15 is 0 Å². The Morgan fingerprint density at radius 3 is 2.62 bits per heavy atom. The minimum Gasteiger partial charge on any atom is -0.495 e. The number of anilines is 3. The highest BCUT2D eigenvalue weighted by atomic mass is 35.5. The van der Waals surface area contributed by atoms with Gasteiger partial charge in [0.1, 0.15) is 28.7 Å². The summed E-state index contributed by atoms with van der Waals surface area (Å²) in [5, 5.41) is 3.51. The van der Waals surface area contributed by atoms with Crippen LogP contribution in [0.2, 0.25) is 10.0 Å². The third-order valence-corrected chi connectivity index (χ3v) is 3.68. The van der Waals surface area contributed by atoms with Crippen LogP contribution in [-0.2, 0) is 0 Å². The van der Waals surface area contributed by atoms with Crippen LogP contribution >= 0.6 is 23.2 Å². The lowest BCUT2D eigenvalue weighted by Gasteiger charge is -2.23. The Labute approximate surface area is 149 Å². The first-order chi connectivity index (χ1) is 11.3. The van der Waals surface area contributed by atoms with Crippen molar-refractivity contribution in [3.8, 4) is 5.75 Å². The molecule has 0 unspecified atom stereocenters. The summed E-state index contributed by atoms with van der Waals surface area (Å²) in [6.45, 7) is 3.92. The lowest BCUT2D eigenvalue weighted by Crippen LogP contribution is -2.32. The van der Waals surface area contributed by atoms with E-state index in [4.69, 9.17) is 33.7 Å². The summed E-state index contributed by atoms with van der Waals surface area (Å²) in [5.41, 5.74) is 5.72. The number of amides is 2. The normalized spacial score (nSPS) is 10.6. The number of carbonyl (C=O) groups excluding carboxylic acids is 1. The first-order valence-corrected chi connectivity index (χ1v) is 7.80. The number of nitrogens with one attached hydrogen (secondary N) is 1. The van der Waals surface area contributed by atoms with Gasteiger partial charge in [-0.2, -0.15) is 0 Å². The van der Waals surface area contributed by atoms with Gasteiger partial charge in [-0.1, -0.05) is 23.2 Å². The predicted molar refractivity (Wildman–Crippen MR) is 95.5 cm³/mol. The highest BCUT2D eigenvalue weighted by Crippen LogP contribution is 2.42. The van der Waals surface area contributed by atoms with E-state index in [1.54, 1.807) is 18.2 Å². The molecule has 1 aromatic carbocycles. The predicted octanol–water partition coefficient (Wildman–Crippen LogP) is 3.83. The monoisotopic (exact) mass is 369 g/mol. The topological polar surface area (TPSA) is 93.4 Å². The molecule has 1 heterocycles. The van der Waals surface area contributed by atoms with Crippen LogP contribution in [-0.4, -0.2) is 29.2 Å². The van der Waals surface area contributed by atoms with Crippen molar-refractivity contribution in [1.29, 1.82) is 0 Å². The number of halogens is 2. The second-order valence-corrected chi connectivity index (χ2v) is 5.93. The minimum absolute atomic E-state index is 0.152. The lowest BCUT2D eigenvalue weighted by atomic mass is 10.2. The maximum atomic E-state index is 12.0. The number of nitrogens with two attached hydrogens (primary N) is 1. The lowest BCUT2D eigenvalue weighted by molar-refractivity contribution is 0.256.